The smallest absolute Gasteiger partial charge is 0.251 e. The van der Waals surface area contributed by atoms with Crippen LogP contribution in [0.1, 0.15) is 27.3 Å². The molecule has 0 saturated carbocycles. The summed E-state index contributed by atoms with van der Waals surface area (Å²) in [4.78, 5) is 17.9. The molecule has 0 unspecified atom stereocenters. The van der Waals surface area contributed by atoms with E-state index in [9.17, 15) is 4.79 Å². The van der Waals surface area contributed by atoms with E-state index in [0.717, 1.165) is 56.9 Å². The van der Waals surface area contributed by atoms with E-state index in [1.807, 2.05) is 78.9 Å². The summed E-state index contributed by atoms with van der Waals surface area (Å²) in [6.07, 6.45) is 0.773. The van der Waals surface area contributed by atoms with E-state index in [4.69, 9.17) is 19.2 Å². The molecule has 1 aliphatic heterocycles. The van der Waals surface area contributed by atoms with Gasteiger partial charge in [0.15, 0.2) is 11.5 Å². The fourth-order valence-corrected chi connectivity index (χ4v) is 5.30. The van der Waals surface area contributed by atoms with Gasteiger partial charge in [0.1, 0.15) is 18.2 Å². The lowest BCUT2D eigenvalue weighted by molar-refractivity contribution is 0.0954. The summed E-state index contributed by atoms with van der Waals surface area (Å²) in [6, 6.07) is 36.0. The van der Waals surface area contributed by atoms with Crippen molar-refractivity contribution < 1.29 is 19.0 Å². The quantitative estimate of drug-likeness (QED) is 0.220. The Labute approximate surface area is 243 Å². The minimum Gasteiger partial charge on any atom is -0.486 e. The molecule has 0 spiro atoms. The number of carbonyl (C=O) groups excluding carboxylic acids is 1. The van der Waals surface area contributed by atoms with Crippen LogP contribution in [0.4, 0.5) is 0 Å². The fraction of sp³-hybridized carbons (Fsp3) is 0.143. The van der Waals surface area contributed by atoms with Crippen molar-refractivity contribution in [3.8, 4) is 17.2 Å². The first kappa shape index (κ1) is 25.7. The van der Waals surface area contributed by atoms with E-state index in [-0.39, 0.29) is 19.3 Å². The zero-order valence-corrected chi connectivity index (χ0v) is 23.0. The Balaban J connectivity index is 1.15. The van der Waals surface area contributed by atoms with Crippen molar-refractivity contribution in [1.82, 2.24) is 14.9 Å². The van der Waals surface area contributed by atoms with Gasteiger partial charge in [-0.3, -0.25) is 4.79 Å². The van der Waals surface area contributed by atoms with Crippen molar-refractivity contribution in [1.29, 1.82) is 0 Å². The highest BCUT2D eigenvalue weighted by Crippen LogP contribution is 2.33. The minimum atomic E-state index is -0.118. The van der Waals surface area contributed by atoms with Crippen LogP contribution in [0.25, 0.3) is 21.8 Å². The number of benzene rings is 5. The highest BCUT2D eigenvalue weighted by atomic mass is 16.7. The number of nitrogens with zero attached hydrogens (tertiary/aromatic N) is 2. The molecule has 7 nitrogen and oxygen atoms in total. The van der Waals surface area contributed by atoms with Gasteiger partial charge in [-0.25, -0.2) is 4.98 Å². The van der Waals surface area contributed by atoms with E-state index in [0.29, 0.717) is 18.7 Å². The lowest BCUT2D eigenvalue weighted by atomic mass is 10.1. The number of rotatable bonds is 9. The number of amides is 1. The van der Waals surface area contributed by atoms with Gasteiger partial charge in [-0.15, -0.1) is 0 Å². The number of nitrogens with one attached hydrogen (secondary N) is 1. The Morgan fingerprint density at radius 2 is 1.64 bits per heavy atom. The SMILES string of the molecule is O=C(NCCc1ccccc1)c1ccc2c(c1)nc(COc1ccc3ccccc3c1)n2Cc1ccc2c(c1)OCO2. The third-order valence-corrected chi connectivity index (χ3v) is 7.50. The summed E-state index contributed by atoms with van der Waals surface area (Å²) < 4.78 is 19.5. The van der Waals surface area contributed by atoms with E-state index in [2.05, 4.69) is 40.2 Å². The second-order valence-corrected chi connectivity index (χ2v) is 10.3. The van der Waals surface area contributed by atoms with Crippen molar-refractivity contribution in [2.75, 3.05) is 13.3 Å². The summed E-state index contributed by atoms with van der Waals surface area (Å²) in [5, 5.41) is 5.31. The summed E-state index contributed by atoms with van der Waals surface area (Å²) in [5.74, 6) is 2.90. The van der Waals surface area contributed by atoms with E-state index < -0.39 is 0 Å². The van der Waals surface area contributed by atoms with E-state index in [1.54, 1.807) is 0 Å². The fourth-order valence-electron chi connectivity index (χ4n) is 5.30. The maximum atomic E-state index is 13.0. The Bertz CT molecular complexity index is 1900. The van der Waals surface area contributed by atoms with Crippen molar-refractivity contribution in [3.05, 3.63) is 132 Å². The largest absolute Gasteiger partial charge is 0.486 e. The zero-order chi connectivity index (χ0) is 28.3. The summed E-state index contributed by atoms with van der Waals surface area (Å²) in [7, 11) is 0. The van der Waals surface area contributed by atoms with Crippen LogP contribution < -0.4 is 19.5 Å². The van der Waals surface area contributed by atoms with Crippen LogP contribution in [0.3, 0.4) is 0 Å². The normalized spacial score (nSPS) is 12.1. The van der Waals surface area contributed by atoms with Gasteiger partial charge in [-0.2, -0.15) is 0 Å². The molecule has 2 heterocycles. The van der Waals surface area contributed by atoms with Crippen molar-refractivity contribution in [3.63, 3.8) is 0 Å². The zero-order valence-electron chi connectivity index (χ0n) is 23.0. The molecule has 208 valence electrons. The minimum absolute atomic E-state index is 0.118. The van der Waals surface area contributed by atoms with Crippen molar-refractivity contribution >= 4 is 27.7 Å². The molecule has 42 heavy (non-hydrogen) atoms. The highest BCUT2D eigenvalue weighted by Gasteiger charge is 2.18. The maximum Gasteiger partial charge on any atom is 0.251 e. The molecule has 6 aromatic rings. The van der Waals surface area contributed by atoms with Crippen molar-refractivity contribution in [2.45, 2.75) is 19.6 Å². The van der Waals surface area contributed by atoms with Crippen LogP contribution >= 0.6 is 0 Å². The van der Waals surface area contributed by atoms with Gasteiger partial charge >= 0.3 is 0 Å². The van der Waals surface area contributed by atoms with E-state index >= 15 is 0 Å². The first-order chi connectivity index (χ1) is 20.7. The van der Waals surface area contributed by atoms with Crippen molar-refractivity contribution in [2.24, 2.45) is 0 Å². The molecule has 0 radical (unpaired) electrons. The van der Waals surface area contributed by atoms with Gasteiger partial charge in [-0.1, -0.05) is 66.7 Å². The Morgan fingerprint density at radius 1 is 0.810 bits per heavy atom. The lowest BCUT2D eigenvalue weighted by Crippen LogP contribution is -2.25. The number of carbonyl (C=O) groups is 1. The molecule has 0 fully saturated rings. The Hall–Kier alpha value is -5.30. The number of ether oxygens (including phenoxy) is 3. The van der Waals surface area contributed by atoms with Crippen LogP contribution in [0.2, 0.25) is 0 Å². The Kier molecular flexibility index (Phi) is 6.90. The summed E-state index contributed by atoms with van der Waals surface area (Å²) in [5.41, 5.74) is 4.47. The lowest BCUT2D eigenvalue weighted by Gasteiger charge is -2.12. The number of fused-ring (bicyclic) bond motifs is 3. The van der Waals surface area contributed by atoms with Gasteiger partial charge in [0, 0.05) is 18.7 Å². The highest BCUT2D eigenvalue weighted by molar-refractivity contribution is 5.97. The second-order valence-electron chi connectivity index (χ2n) is 10.3. The second kappa shape index (κ2) is 11.3. The number of hydrogen-bond donors (Lipinski definition) is 1. The van der Waals surface area contributed by atoms with Gasteiger partial charge in [0.05, 0.1) is 11.0 Å². The third-order valence-electron chi connectivity index (χ3n) is 7.50. The summed E-state index contributed by atoms with van der Waals surface area (Å²) in [6.45, 7) is 1.63. The predicted molar refractivity (Wildman–Crippen MR) is 162 cm³/mol. The van der Waals surface area contributed by atoms with Gasteiger partial charge in [-0.05, 0) is 70.8 Å². The number of hydrogen-bond acceptors (Lipinski definition) is 5. The predicted octanol–water partition coefficient (Wildman–Crippen LogP) is 6.52. The number of aromatic nitrogens is 2. The summed E-state index contributed by atoms with van der Waals surface area (Å²) >= 11 is 0. The monoisotopic (exact) mass is 555 g/mol. The molecule has 0 saturated heterocycles. The van der Waals surface area contributed by atoms with Crippen LogP contribution in [-0.2, 0) is 19.6 Å². The van der Waals surface area contributed by atoms with Crippen LogP contribution in [0.5, 0.6) is 17.2 Å². The Morgan fingerprint density at radius 3 is 2.55 bits per heavy atom. The molecule has 7 rings (SSSR count). The molecular formula is C35H29N3O4. The molecule has 1 amide bonds. The van der Waals surface area contributed by atoms with E-state index in [1.165, 1.54) is 5.56 Å². The molecule has 0 atom stereocenters. The van der Waals surface area contributed by atoms with Crippen LogP contribution in [0.15, 0.2) is 109 Å². The molecule has 5 aromatic carbocycles. The molecule has 0 aliphatic carbocycles. The molecule has 0 bridgehead atoms. The van der Waals surface area contributed by atoms with Gasteiger partial charge < -0.3 is 24.1 Å². The topological polar surface area (TPSA) is 74.6 Å². The molecular weight excluding hydrogens is 526 g/mol. The third kappa shape index (κ3) is 5.37. The molecule has 1 aromatic heterocycles. The molecule has 1 aliphatic rings. The first-order valence-electron chi connectivity index (χ1n) is 14.0. The van der Waals surface area contributed by atoms with Gasteiger partial charge in [0.25, 0.3) is 5.91 Å². The standard InChI is InChI=1S/C35H29N3O4/c39-35(36-17-16-24-6-2-1-3-7-24)28-12-14-31-30(20-28)37-34(22-40-29-13-11-26-8-4-5-9-27(26)19-29)38(31)21-25-10-15-32-33(18-25)42-23-41-32/h1-15,18-20H,16-17,21-23H2,(H,36,39). The first-order valence-corrected chi connectivity index (χ1v) is 14.0. The van der Waals surface area contributed by atoms with Crippen LogP contribution in [0, 0.1) is 0 Å². The molecule has 7 heteroatoms. The van der Waals surface area contributed by atoms with Gasteiger partial charge in [0.2, 0.25) is 6.79 Å². The van der Waals surface area contributed by atoms with Crippen LogP contribution in [-0.4, -0.2) is 28.8 Å². The maximum absolute atomic E-state index is 13.0. The number of imidazole rings is 1. The average molecular weight is 556 g/mol. The average Bonchev–Trinajstić information content (AvgIpc) is 3.64. The molecule has 1 N–H and O–H groups in total.